The summed E-state index contributed by atoms with van der Waals surface area (Å²) in [6, 6.07) is 11.4. The lowest BCUT2D eigenvalue weighted by Crippen LogP contribution is -2.32. The first kappa shape index (κ1) is 21.2. The fraction of sp³-hybridized carbons (Fsp3) is 0.261. The molecule has 1 aliphatic rings. The Hall–Kier alpha value is -4.01. The lowest BCUT2D eigenvalue weighted by atomic mass is 10.0. The van der Waals surface area contributed by atoms with Gasteiger partial charge in [0.25, 0.3) is 0 Å². The van der Waals surface area contributed by atoms with Gasteiger partial charge >= 0.3 is 6.03 Å². The first-order chi connectivity index (χ1) is 15.5. The number of hydrogen-bond donors (Lipinski definition) is 2. The summed E-state index contributed by atoms with van der Waals surface area (Å²) in [6.07, 6.45) is 6.18. The van der Waals surface area contributed by atoms with Gasteiger partial charge in [-0.2, -0.15) is 5.10 Å². The van der Waals surface area contributed by atoms with Gasteiger partial charge in [0.2, 0.25) is 11.8 Å². The highest BCUT2D eigenvalue weighted by atomic mass is 16.2. The van der Waals surface area contributed by atoms with Crippen LogP contribution in [0.25, 0.3) is 22.4 Å². The minimum absolute atomic E-state index is 0.0313. The Labute approximate surface area is 185 Å². The summed E-state index contributed by atoms with van der Waals surface area (Å²) in [4.78, 5) is 40.4. The van der Waals surface area contributed by atoms with E-state index in [0.29, 0.717) is 13.0 Å². The smallest absolute Gasteiger partial charge is 0.324 e. The zero-order valence-electron chi connectivity index (χ0n) is 17.7. The maximum Gasteiger partial charge on any atom is 0.324 e. The molecule has 1 saturated heterocycles. The van der Waals surface area contributed by atoms with E-state index < -0.39 is 6.03 Å². The minimum atomic E-state index is -0.393. The molecule has 0 aliphatic carbocycles. The van der Waals surface area contributed by atoms with E-state index in [9.17, 15) is 14.4 Å². The van der Waals surface area contributed by atoms with Crippen LogP contribution in [0.5, 0.6) is 0 Å². The van der Waals surface area contributed by atoms with Crippen LogP contribution in [-0.4, -0.2) is 50.6 Å². The van der Waals surface area contributed by atoms with Gasteiger partial charge in [-0.05, 0) is 29.7 Å². The average molecular weight is 432 g/mol. The van der Waals surface area contributed by atoms with Gasteiger partial charge in [0.05, 0.1) is 6.54 Å². The van der Waals surface area contributed by atoms with E-state index in [4.69, 9.17) is 0 Å². The summed E-state index contributed by atoms with van der Waals surface area (Å²) >= 11 is 0. The summed E-state index contributed by atoms with van der Waals surface area (Å²) in [5, 5.41) is 9.95. The van der Waals surface area contributed by atoms with Gasteiger partial charge in [-0.3, -0.25) is 24.2 Å². The molecule has 164 valence electrons. The third-order valence-corrected chi connectivity index (χ3v) is 5.26. The van der Waals surface area contributed by atoms with Crippen molar-refractivity contribution in [1.82, 2.24) is 30.3 Å². The Morgan fingerprint density at radius 1 is 1.09 bits per heavy atom. The van der Waals surface area contributed by atoms with Crippen molar-refractivity contribution in [3.8, 4) is 22.4 Å². The van der Waals surface area contributed by atoms with Crippen molar-refractivity contribution in [2.45, 2.75) is 19.4 Å². The minimum Gasteiger partial charge on any atom is -0.352 e. The number of amides is 4. The van der Waals surface area contributed by atoms with Gasteiger partial charge in [0, 0.05) is 56.3 Å². The number of nitrogens with zero attached hydrogens (tertiary/aromatic N) is 4. The van der Waals surface area contributed by atoms with E-state index in [-0.39, 0.29) is 31.3 Å². The monoisotopic (exact) mass is 432 g/mol. The molecule has 4 rings (SSSR count). The summed E-state index contributed by atoms with van der Waals surface area (Å²) in [6.45, 7) is 0.682. The molecule has 3 heterocycles. The molecule has 1 fully saturated rings. The largest absolute Gasteiger partial charge is 0.352 e. The molecule has 3 aromatic rings. The number of nitrogens with one attached hydrogen (secondary N) is 2. The predicted molar refractivity (Wildman–Crippen MR) is 118 cm³/mol. The van der Waals surface area contributed by atoms with Crippen LogP contribution < -0.4 is 10.6 Å². The van der Waals surface area contributed by atoms with E-state index in [1.165, 1.54) is 0 Å². The summed E-state index contributed by atoms with van der Waals surface area (Å²) in [7, 11) is 1.89. The molecule has 0 bridgehead atoms. The van der Waals surface area contributed by atoms with Crippen LogP contribution in [0.15, 0.2) is 55.0 Å². The standard InChI is InChI=1S/C23H24N6O3/c1-28-15-19(17-8-10-24-11-9-17)22(27-28)18-6-4-16(5-7-18)13-25-20(30)3-2-12-29-21(31)14-26-23(29)32/h4-11,15H,2-3,12-14H2,1H3,(H,25,30)(H,26,32). The van der Waals surface area contributed by atoms with Gasteiger partial charge in [-0.25, -0.2) is 4.79 Å². The highest BCUT2D eigenvalue weighted by Gasteiger charge is 2.27. The van der Waals surface area contributed by atoms with Crippen LogP contribution in [-0.2, 0) is 23.2 Å². The molecular formula is C23H24N6O3. The molecule has 0 radical (unpaired) electrons. The van der Waals surface area contributed by atoms with Crippen LogP contribution in [0.2, 0.25) is 0 Å². The van der Waals surface area contributed by atoms with Crippen LogP contribution in [0, 0.1) is 0 Å². The molecule has 0 unspecified atom stereocenters. The molecule has 0 atom stereocenters. The average Bonchev–Trinajstić information content (AvgIpc) is 3.35. The number of pyridine rings is 1. The molecule has 0 saturated carbocycles. The molecule has 9 heteroatoms. The normalized spacial score (nSPS) is 13.3. The fourth-order valence-electron chi connectivity index (χ4n) is 3.59. The summed E-state index contributed by atoms with van der Waals surface area (Å²) in [5.41, 5.74) is 4.92. The van der Waals surface area contributed by atoms with E-state index in [2.05, 4.69) is 20.7 Å². The fourth-order valence-corrected chi connectivity index (χ4v) is 3.59. The maximum atomic E-state index is 12.1. The number of rotatable bonds is 8. The lowest BCUT2D eigenvalue weighted by molar-refractivity contribution is -0.126. The SMILES string of the molecule is Cn1cc(-c2ccncc2)c(-c2ccc(CNC(=O)CCCN3C(=O)CNC3=O)cc2)n1. The Bertz CT molecular complexity index is 1110. The number of aryl methyl sites for hydroxylation is 1. The molecule has 1 aliphatic heterocycles. The van der Waals surface area contributed by atoms with E-state index in [0.717, 1.165) is 32.8 Å². The second-order valence-electron chi connectivity index (χ2n) is 7.58. The summed E-state index contributed by atoms with van der Waals surface area (Å²) in [5.74, 6) is -0.374. The Kier molecular flexibility index (Phi) is 6.25. The zero-order chi connectivity index (χ0) is 22.5. The number of benzene rings is 1. The zero-order valence-corrected chi connectivity index (χ0v) is 17.7. The first-order valence-corrected chi connectivity index (χ1v) is 10.4. The van der Waals surface area contributed by atoms with Gasteiger partial charge in [0.1, 0.15) is 5.69 Å². The van der Waals surface area contributed by atoms with Crippen LogP contribution >= 0.6 is 0 Å². The number of carbonyl (C=O) groups excluding carboxylic acids is 3. The number of imide groups is 1. The molecule has 4 amide bonds. The van der Waals surface area contributed by atoms with Crippen molar-refractivity contribution >= 4 is 17.8 Å². The Balaban J connectivity index is 1.31. The van der Waals surface area contributed by atoms with E-state index >= 15 is 0 Å². The predicted octanol–water partition coefficient (Wildman–Crippen LogP) is 2.10. The molecule has 0 spiro atoms. The van der Waals surface area contributed by atoms with Gasteiger partial charge in [-0.1, -0.05) is 24.3 Å². The highest BCUT2D eigenvalue weighted by Crippen LogP contribution is 2.30. The van der Waals surface area contributed by atoms with Crippen LogP contribution in [0.3, 0.4) is 0 Å². The number of aromatic nitrogens is 3. The van der Waals surface area contributed by atoms with Crippen molar-refractivity contribution in [2.24, 2.45) is 7.05 Å². The Morgan fingerprint density at radius 2 is 1.84 bits per heavy atom. The quantitative estimate of drug-likeness (QED) is 0.530. The molecule has 32 heavy (non-hydrogen) atoms. The second kappa shape index (κ2) is 9.42. The number of carbonyl (C=O) groups is 3. The van der Waals surface area contributed by atoms with Gasteiger partial charge in [0.15, 0.2) is 0 Å². The molecule has 1 aromatic carbocycles. The number of urea groups is 1. The highest BCUT2D eigenvalue weighted by molar-refractivity contribution is 6.01. The third-order valence-electron chi connectivity index (χ3n) is 5.26. The van der Waals surface area contributed by atoms with Crippen molar-refractivity contribution in [1.29, 1.82) is 0 Å². The van der Waals surface area contributed by atoms with Crippen LogP contribution in [0.4, 0.5) is 4.79 Å². The molecule has 9 nitrogen and oxygen atoms in total. The second-order valence-corrected chi connectivity index (χ2v) is 7.58. The first-order valence-electron chi connectivity index (χ1n) is 10.4. The summed E-state index contributed by atoms with van der Waals surface area (Å²) < 4.78 is 1.79. The topological polar surface area (TPSA) is 109 Å². The number of hydrogen-bond acceptors (Lipinski definition) is 5. The van der Waals surface area contributed by atoms with Gasteiger partial charge < -0.3 is 10.6 Å². The van der Waals surface area contributed by atoms with E-state index in [1.807, 2.05) is 49.6 Å². The van der Waals surface area contributed by atoms with Crippen LogP contribution in [0.1, 0.15) is 18.4 Å². The van der Waals surface area contributed by atoms with Crippen molar-refractivity contribution < 1.29 is 14.4 Å². The Morgan fingerprint density at radius 3 is 2.53 bits per heavy atom. The van der Waals surface area contributed by atoms with Crippen molar-refractivity contribution in [2.75, 3.05) is 13.1 Å². The lowest BCUT2D eigenvalue weighted by Gasteiger charge is -2.12. The van der Waals surface area contributed by atoms with Crippen molar-refractivity contribution in [3.05, 3.63) is 60.6 Å². The molecule has 2 aromatic heterocycles. The van der Waals surface area contributed by atoms with Gasteiger partial charge in [-0.15, -0.1) is 0 Å². The third kappa shape index (κ3) is 4.83. The molecule has 2 N–H and O–H groups in total. The van der Waals surface area contributed by atoms with Crippen molar-refractivity contribution in [3.63, 3.8) is 0 Å². The van der Waals surface area contributed by atoms with E-state index in [1.54, 1.807) is 17.1 Å². The maximum absolute atomic E-state index is 12.1. The molecular weight excluding hydrogens is 408 g/mol.